The Bertz CT molecular complexity index is 7980. The van der Waals surface area contributed by atoms with Gasteiger partial charge in [0.1, 0.15) is 103 Å². The first-order valence-corrected chi connectivity index (χ1v) is 55.7. The molecule has 6 aromatic carbocycles. The highest BCUT2D eigenvalue weighted by atomic mass is 32.2. The van der Waals surface area contributed by atoms with E-state index in [0.29, 0.717) is 104 Å². The largest absolute Gasteiger partial charge is 0.494 e. The first-order valence-electron chi connectivity index (χ1n) is 47.5. The Morgan fingerprint density at radius 1 is 0.453 bits per heavy atom. The molecule has 0 saturated carbocycles. The Labute approximate surface area is 854 Å². The smallest absolute Gasteiger partial charge is 0.263 e. The van der Waals surface area contributed by atoms with Crippen molar-refractivity contribution < 1.29 is 127 Å². The molecular formula is C100H102F6N18O22S4. The fourth-order valence-corrected chi connectivity index (χ4v) is 21.9. The Morgan fingerprint density at radius 2 is 0.900 bits per heavy atom. The number of ether oxygens (including phenoxy) is 5. The molecule has 8 aliphatic rings. The number of pyridine rings is 1. The lowest BCUT2D eigenvalue weighted by atomic mass is 9.77. The zero-order valence-corrected chi connectivity index (χ0v) is 85.5. The second-order valence-electron chi connectivity index (χ2n) is 37.9. The zero-order valence-electron chi connectivity index (χ0n) is 82.2. The molecule has 1 aliphatic carbocycles. The van der Waals surface area contributed by atoms with Crippen LogP contribution in [-0.4, -0.2) is 211 Å². The van der Waals surface area contributed by atoms with Crippen LogP contribution in [0.5, 0.6) is 28.7 Å². The SMILES string of the molecule is CCCCOc1ccc2c(c1)OCC[C@]21Cc2nn(-c3cc(C)on3)c(NC(=O)CS(C)(=O)=O)c2C(=O)N1.CCCc1ccc2c(c1)OCC[C@]21Cc2nn(-c3ccc(F)c(F)c3)c(NC(=O)CS(C)(=O)=O)c2C(=O)N1.CCOc1ccc2c(c1)CC[C@]21Cc2nn(-c3ccc(C(F)F)cc3)c(NC(=O)CS(C)(=O)=O)c2C(=O)N1.Cc1ccc(-n2nc3c(c2NC(=O)CS(C)(=O)=O)C(=O)N[C@@]2(CCOc4cc(F)cc(F)c42)C3)nc1. The van der Waals surface area contributed by atoms with Gasteiger partial charge in [0.15, 0.2) is 74.3 Å². The highest BCUT2D eigenvalue weighted by Gasteiger charge is 2.53. The topological polar surface area (TPSA) is 526 Å². The van der Waals surface area contributed by atoms with Crippen molar-refractivity contribution in [3.8, 4) is 51.8 Å². The molecule has 0 saturated heterocycles. The number of nitrogens with zero attached hydrogens (tertiary/aromatic N) is 10. The van der Waals surface area contributed by atoms with Crippen molar-refractivity contribution >= 4 is 110 Å². The fraction of sp³-hybridized carbons (Fsp3) is 0.360. The molecule has 8 amide bonds. The Hall–Kier alpha value is -15.3. The molecule has 4 spiro atoms. The van der Waals surface area contributed by atoms with Gasteiger partial charge in [0.05, 0.1) is 94.9 Å². The fourth-order valence-electron chi connectivity index (χ4n) is 19.7. The summed E-state index contributed by atoms with van der Waals surface area (Å²) in [4.78, 5) is 109. The maximum Gasteiger partial charge on any atom is 0.263 e. The van der Waals surface area contributed by atoms with Crippen molar-refractivity contribution in [2.75, 3.05) is 102 Å². The molecule has 40 nitrogen and oxygen atoms in total. The van der Waals surface area contributed by atoms with E-state index in [1.807, 2.05) is 68.4 Å². The van der Waals surface area contributed by atoms with Gasteiger partial charge in [-0.1, -0.05) is 68.2 Å². The summed E-state index contributed by atoms with van der Waals surface area (Å²) in [5.74, 6) is -9.04. The number of alkyl halides is 2. The number of carbonyl (C=O) groups excluding carboxylic acids is 8. The van der Waals surface area contributed by atoms with Gasteiger partial charge in [0.2, 0.25) is 23.6 Å². The number of carbonyl (C=O) groups is 8. The summed E-state index contributed by atoms with van der Waals surface area (Å²) in [6, 6.07) is 32.3. The van der Waals surface area contributed by atoms with Gasteiger partial charge in [0, 0.05) is 123 Å². The molecule has 50 heteroatoms. The molecule has 20 rings (SSSR count). The normalized spacial score (nSPS) is 18.4. The van der Waals surface area contributed by atoms with E-state index < -0.39 is 161 Å². The monoisotopic (exact) mass is 2150 g/mol. The van der Waals surface area contributed by atoms with Crippen LogP contribution in [0.2, 0.25) is 0 Å². The van der Waals surface area contributed by atoms with Gasteiger partial charge >= 0.3 is 0 Å². The van der Waals surface area contributed by atoms with Crippen LogP contribution in [0.3, 0.4) is 0 Å². The summed E-state index contributed by atoms with van der Waals surface area (Å²) >= 11 is 0. The Balaban J connectivity index is 0.000000136. The van der Waals surface area contributed by atoms with Crippen LogP contribution in [0.25, 0.3) is 23.0 Å². The number of benzene rings is 6. The summed E-state index contributed by atoms with van der Waals surface area (Å²) in [5, 5.41) is 44.4. The highest BCUT2D eigenvalue weighted by molar-refractivity contribution is 7.92. The molecule has 0 fully saturated rings. The minimum Gasteiger partial charge on any atom is -0.494 e. The summed E-state index contributed by atoms with van der Waals surface area (Å²) in [6.07, 6.45) is 9.84. The number of nitrogens with one attached hydrogen (secondary N) is 8. The van der Waals surface area contributed by atoms with Gasteiger partial charge in [0.25, 0.3) is 30.1 Å². The Morgan fingerprint density at radius 3 is 1.37 bits per heavy atom. The number of sulfone groups is 4. The minimum absolute atomic E-state index is 0.000382. The molecule has 150 heavy (non-hydrogen) atoms. The predicted octanol–water partition coefficient (Wildman–Crippen LogP) is 10.5. The number of unbranched alkanes of at least 4 members (excludes halogenated alkanes) is 1. The predicted molar refractivity (Wildman–Crippen MR) is 531 cm³/mol. The molecular weight excluding hydrogens is 2050 g/mol. The number of amides is 8. The van der Waals surface area contributed by atoms with Crippen molar-refractivity contribution in [1.82, 2.24) is 70.5 Å². The van der Waals surface area contributed by atoms with Crippen LogP contribution in [0.15, 0.2) is 138 Å². The van der Waals surface area contributed by atoms with Gasteiger partial charge in [-0.2, -0.15) is 29.8 Å². The number of hydrogen-bond donors (Lipinski definition) is 8. The molecule has 0 bridgehead atoms. The van der Waals surface area contributed by atoms with E-state index >= 15 is 0 Å². The van der Waals surface area contributed by atoms with E-state index in [4.69, 9.17) is 28.2 Å². The summed E-state index contributed by atoms with van der Waals surface area (Å²) in [6.45, 7) is 11.6. The zero-order chi connectivity index (χ0) is 107. The van der Waals surface area contributed by atoms with Crippen LogP contribution >= 0.6 is 0 Å². The van der Waals surface area contributed by atoms with Gasteiger partial charge in [-0.25, -0.2) is 74.4 Å². The van der Waals surface area contributed by atoms with Gasteiger partial charge in [-0.15, -0.1) is 0 Å². The first-order chi connectivity index (χ1) is 71.0. The van der Waals surface area contributed by atoms with Crippen molar-refractivity contribution in [1.29, 1.82) is 0 Å². The van der Waals surface area contributed by atoms with Gasteiger partial charge in [-0.05, 0) is 129 Å². The molecule has 0 radical (unpaired) electrons. The first kappa shape index (κ1) is 106. The molecule has 13 heterocycles. The molecule has 6 aromatic heterocycles. The molecule has 8 N–H and O–H groups in total. The quantitative estimate of drug-likeness (QED) is 0.0195. The number of halogens is 6. The molecule has 0 unspecified atom stereocenters. The van der Waals surface area contributed by atoms with E-state index in [1.165, 1.54) is 44.4 Å². The Kier molecular flexibility index (Phi) is 29.4. The van der Waals surface area contributed by atoms with E-state index in [2.05, 4.69) is 86.9 Å². The molecule has 7 aliphatic heterocycles. The van der Waals surface area contributed by atoms with Crippen molar-refractivity contribution in [3.63, 3.8) is 0 Å². The third kappa shape index (κ3) is 22.5. The van der Waals surface area contributed by atoms with Crippen molar-refractivity contribution in [3.05, 3.63) is 252 Å². The summed E-state index contributed by atoms with van der Waals surface area (Å²) in [5.41, 5.74) is 3.86. The number of hydrogen-bond acceptors (Lipinski definition) is 28. The maximum atomic E-state index is 15.0. The molecule has 4 atom stereocenters. The average Bonchev–Trinajstić information content (AvgIpc) is 1.53. The van der Waals surface area contributed by atoms with E-state index in [9.17, 15) is 98.4 Å². The van der Waals surface area contributed by atoms with Gasteiger partial charge < -0.3 is 70.7 Å². The third-order valence-electron chi connectivity index (χ3n) is 26.0. The lowest BCUT2D eigenvalue weighted by Gasteiger charge is -2.41. The second-order valence-corrected chi connectivity index (χ2v) is 46.4. The van der Waals surface area contributed by atoms with Crippen LogP contribution in [0, 0.1) is 37.1 Å². The lowest BCUT2D eigenvalue weighted by Crippen LogP contribution is -2.54. The van der Waals surface area contributed by atoms with Crippen molar-refractivity contribution in [2.24, 2.45) is 0 Å². The number of fused-ring (bicyclic) bond motifs is 12. The summed E-state index contributed by atoms with van der Waals surface area (Å²) < 4.78 is 215. The van der Waals surface area contributed by atoms with E-state index in [-0.39, 0.29) is 111 Å². The second kappa shape index (κ2) is 41.6. The van der Waals surface area contributed by atoms with Crippen LogP contribution in [0.4, 0.5) is 49.6 Å². The van der Waals surface area contributed by atoms with Gasteiger partial charge in [-0.3, -0.25) is 38.4 Å². The molecule has 12 aromatic rings. The van der Waals surface area contributed by atoms with Crippen LogP contribution in [0.1, 0.15) is 187 Å². The lowest BCUT2D eigenvalue weighted by molar-refractivity contribution is -0.114. The number of rotatable bonds is 25. The third-order valence-corrected chi connectivity index (χ3v) is 29.2. The van der Waals surface area contributed by atoms with E-state index in [0.717, 1.165) is 125 Å². The minimum atomic E-state index is -3.68. The summed E-state index contributed by atoms with van der Waals surface area (Å²) in [7, 11) is -14.6. The molecule has 790 valence electrons. The van der Waals surface area contributed by atoms with Crippen LogP contribution < -0.4 is 66.2 Å². The van der Waals surface area contributed by atoms with Crippen LogP contribution in [-0.2, 0) is 119 Å². The number of aryl methyl sites for hydroxylation is 4. The average molecular weight is 2150 g/mol. The number of anilines is 4. The standard InChI is InChI=1S/2C26H26F2N4O5S.C25H29N5O7S.C23H21F2N5O5S/c1-3-37-18-8-9-19-16(12-18)10-11-26(19)13-20-22(25(34)30-26)24(29-21(33)14-38(2,35)36)32(31-20)17-6-4-15(5-7-17)23(27)28;1-3-4-15-5-7-17-21(11-15)37-10-9-26(17)13-20-23(25(34)30-26)24(29-22(33)14-38(2,35)36)32(31-20)16-6-8-18(27)19(28)12-16;1-4-5-9-35-16-6-7-17-19(12-16)36-10-8-25(17)13-18-22(24(32)27-25)23(26-21(31)14-38(3,33)34)30(28-18)20-11-15(2)37-29-20;1-12-3-4-17(26-10-12)30-21(27-18(31)11-36(2,33)34)19-15(29-30)9-23(28-22(19)32)5-6-35-16-8-13(24)7-14(25)20(16)23/h4-9,12,23H,3,10-11,13-14H2,1-2H3,(H,29,33)(H,30,34);5-8,11-12H,3-4,9-10,13-14H2,1-2H3,(H,29,33)(H,30,34);6-7,11-12H,4-5,8-10,13-14H2,1-3H3,(H,26,31)(H,27,32);3-4,7-8,10H,5-6,9,11H2,1-2H3,(H,27,31)(H,28,32)/t2*26-;25-;23-/m0000/s1. The number of aromatic nitrogens is 10. The van der Waals surface area contributed by atoms with E-state index in [1.54, 1.807) is 31.3 Å². The maximum absolute atomic E-state index is 15.0. The highest BCUT2D eigenvalue weighted by Crippen LogP contribution is 2.51. The van der Waals surface area contributed by atoms with Crippen molar-refractivity contribution in [2.45, 2.75) is 147 Å².